The molecule has 2 aromatic carbocycles. The molecular formula is C20H22N2O2. The normalized spacial score (nSPS) is 10.8. The van der Waals surface area contributed by atoms with Crippen molar-refractivity contribution in [2.45, 2.75) is 32.6 Å². The van der Waals surface area contributed by atoms with Gasteiger partial charge in [0, 0.05) is 0 Å². The van der Waals surface area contributed by atoms with E-state index in [1.807, 2.05) is 30.3 Å². The largest absolute Gasteiger partial charge is 0.484 e. The molecular weight excluding hydrogens is 300 g/mol. The maximum absolute atomic E-state index is 12.0. The molecule has 124 valence electrons. The van der Waals surface area contributed by atoms with Gasteiger partial charge in [0.25, 0.3) is 5.91 Å². The number of carbonyl (C=O) groups is 1. The zero-order chi connectivity index (χ0) is 17.6. The summed E-state index contributed by atoms with van der Waals surface area (Å²) in [4.78, 5) is 12.0. The lowest BCUT2D eigenvalue weighted by Crippen LogP contribution is -2.20. The lowest BCUT2D eigenvalue weighted by Gasteiger charge is -2.23. The molecule has 2 aromatic rings. The van der Waals surface area contributed by atoms with Crippen LogP contribution in [0.4, 0.5) is 5.69 Å². The molecule has 2 rings (SSSR count). The molecule has 1 amide bonds. The Kier molecular flexibility index (Phi) is 5.59. The highest BCUT2D eigenvalue weighted by molar-refractivity contribution is 5.93. The van der Waals surface area contributed by atoms with Gasteiger partial charge in [0.05, 0.1) is 11.3 Å². The molecule has 0 fully saturated rings. The Balaban J connectivity index is 1.94. The van der Waals surface area contributed by atoms with Gasteiger partial charge < -0.3 is 10.1 Å². The fraction of sp³-hybridized carbons (Fsp3) is 0.300. The van der Waals surface area contributed by atoms with Crippen LogP contribution in [0.3, 0.4) is 0 Å². The second-order valence-electron chi connectivity index (χ2n) is 6.26. The second-order valence-corrected chi connectivity index (χ2v) is 6.26. The minimum atomic E-state index is -0.296. The lowest BCUT2D eigenvalue weighted by atomic mass is 9.82. The molecule has 4 heteroatoms. The molecule has 0 saturated carbocycles. The quantitative estimate of drug-likeness (QED) is 0.864. The summed E-state index contributed by atoms with van der Waals surface area (Å²) in [6.45, 7) is 6.45. The number of amides is 1. The molecule has 0 aliphatic carbocycles. The highest BCUT2D eigenvalue weighted by atomic mass is 16.5. The topological polar surface area (TPSA) is 62.1 Å². The van der Waals surface area contributed by atoms with Crippen LogP contribution in [0.25, 0.3) is 0 Å². The molecule has 0 aliphatic heterocycles. The van der Waals surface area contributed by atoms with Crippen molar-refractivity contribution in [3.8, 4) is 11.8 Å². The Hall–Kier alpha value is -2.80. The van der Waals surface area contributed by atoms with Crippen LogP contribution in [0.5, 0.6) is 5.75 Å². The van der Waals surface area contributed by atoms with E-state index in [2.05, 4.69) is 26.1 Å². The fourth-order valence-corrected chi connectivity index (χ4v) is 2.23. The Morgan fingerprint density at radius 2 is 1.83 bits per heavy atom. The van der Waals surface area contributed by atoms with Crippen LogP contribution >= 0.6 is 0 Å². The number of nitrogens with one attached hydrogen (secondary N) is 1. The van der Waals surface area contributed by atoms with Gasteiger partial charge in [-0.25, -0.2) is 0 Å². The molecule has 0 bridgehead atoms. The Bertz CT molecular complexity index is 743. The van der Waals surface area contributed by atoms with E-state index in [4.69, 9.17) is 10.00 Å². The van der Waals surface area contributed by atoms with Gasteiger partial charge in [-0.3, -0.25) is 4.79 Å². The summed E-state index contributed by atoms with van der Waals surface area (Å²) in [5.74, 6) is 0.352. The monoisotopic (exact) mass is 322 g/mol. The number of anilines is 1. The minimum absolute atomic E-state index is 0.101. The number of hydrogen-bond donors (Lipinski definition) is 1. The summed E-state index contributed by atoms with van der Waals surface area (Å²) >= 11 is 0. The van der Waals surface area contributed by atoms with Crippen LogP contribution in [0.1, 0.15) is 38.3 Å². The first kappa shape index (κ1) is 17.6. The summed E-state index contributed by atoms with van der Waals surface area (Å²) in [5, 5.41) is 11.7. The van der Waals surface area contributed by atoms with E-state index in [-0.39, 0.29) is 17.9 Å². The van der Waals surface area contributed by atoms with E-state index in [1.165, 1.54) is 5.56 Å². The molecule has 0 spiro atoms. The van der Waals surface area contributed by atoms with E-state index < -0.39 is 0 Å². The fourth-order valence-electron chi connectivity index (χ4n) is 2.23. The number of rotatable bonds is 6. The number of hydrogen-bond acceptors (Lipinski definition) is 3. The summed E-state index contributed by atoms with van der Waals surface area (Å²) < 4.78 is 5.52. The molecule has 0 aromatic heterocycles. The van der Waals surface area contributed by atoms with Gasteiger partial charge in [0.1, 0.15) is 11.8 Å². The van der Waals surface area contributed by atoms with Crippen molar-refractivity contribution in [2.75, 3.05) is 11.9 Å². The van der Waals surface area contributed by atoms with Gasteiger partial charge in [-0.15, -0.1) is 0 Å². The lowest BCUT2D eigenvalue weighted by molar-refractivity contribution is -0.118. The molecule has 0 radical (unpaired) electrons. The summed E-state index contributed by atoms with van der Waals surface area (Å²) in [5.41, 5.74) is 2.28. The maximum Gasteiger partial charge on any atom is 0.262 e. The van der Waals surface area contributed by atoms with E-state index in [9.17, 15) is 4.79 Å². The van der Waals surface area contributed by atoms with Crippen molar-refractivity contribution < 1.29 is 9.53 Å². The van der Waals surface area contributed by atoms with Gasteiger partial charge in [-0.05, 0) is 41.7 Å². The van der Waals surface area contributed by atoms with E-state index in [0.29, 0.717) is 17.0 Å². The molecule has 24 heavy (non-hydrogen) atoms. The van der Waals surface area contributed by atoms with Crippen LogP contribution in [0.15, 0.2) is 48.5 Å². The summed E-state index contributed by atoms with van der Waals surface area (Å²) in [6.07, 6.45) is 1.05. The van der Waals surface area contributed by atoms with Crippen molar-refractivity contribution in [1.82, 2.24) is 0 Å². The van der Waals surface area contributed by atoms with Gasteiger partial charge in [0.15, 0.2) is 6.61 Å². The minimum Gasteiger partial charge on any atom is -0.484 e. The molecule has 0 saturated heterocycles. The number of carbonyl (C=O) groups excluding carboxylic acids is 1. The SMILES string of the molecule is CCC(C)(C)c1ccc(OCC(=O)Nc2ccccc2C#N)cc1. The maximum atomic E-state index is 12.0. The Morgan fingerprint density at radius 3 is 2.46 bits per heavy atom. The molecule has 0 unspecified atom stereocenters. The van der Waals surface area contributed by atoms with Crippen LogP contribution in [0, 0.1) is 11.3 Å². The van der Waals surface area contributed by atoms with Gasteiger partial charge in [-0.2, -0.15) is 5.26 Å². The number of ether oxygens (including phenoxy) is 1. The van der Waals surface area contributed by atoms with Crippen LogP contribution in [-0.2, 0) is 10.2 Å². The zero-order valence-electron chi connectivity index (χ0n) is 14.3. The molecule has 1 N–H and O–H groups in total. The van der Waals surface area contributed by atoms with Crippen molar-refractivity contribution in [1.29, 1.82) is 5.26 Å². The average Bonchev–Trinajstić information content (AvgIpc) is 2.61. The van der Waals surface area contributed by atoms with Gasteiger partial charge in [0.2, 0.25) is 0 Å². The third kappa shape index (κ3) is 4.36. The number of para-hydroxylation sites is 1. The first-order valence-corrected chi connectivity index (χ1v) is 7.98. The van der Waals surface area contributed by atoms with E-state index >= 15 is 0 Å². The van der Waals surface area contributed by atoms with Gasteiger partial charge >= 0.3 is 0 Å². The molecule has 0 atom stereocenters. The second kappa shape index (κ2) is 7.65. The highest BCUT2D eigenvalue weighted by Gasteiger charge is 2.17. The van der Waals surface area contributed by atoms with Crippen LogP contribution in [-0.4, -0.2) is 12.5 Å². The predicted octanol–water partition coefficient (Wildman–Crippen LogP) is 4.26. The number of nitriles is 1. The third-order valence-electron chi connectivity index (χ3n) is 4.21. The van der Waals surface area contributed by atoms with Crippen molar-refractivity contribution in [2.24, 2.45) is 0 Å². The first-order valence-electron chi connectivity index (χ1n) is 7.98. The number of benzene rings is 2. The third-order valence-corrected chi connectivity index (χ3v) is 4.21. The molecule has 0 aliphatic rings. The zero-order valence-corrected chi connectivity index (χ0v) is 14.3. The smallest absolute Gasteiger partial charge is 0.262 e. The van der Waals surface area contributed by atoms with Crippen molar-refractivity contribution in [3.05, 3.63) is 59.7 Å². The van der Waals surface area contributed by atoms with Crippen LogP contribution < -0.4 is 10.1 Å². The predicted molar refractivity (Wildman–Crippen MR) is 95.0 cm³/mol. The van der Waals surface area contributed by atoms with Crippen molar-refractivity contribution >= 4 is 11.6 Å². The summed E-state index contributed by atoms with van der Waals surface area (Å²) in [7, 11) is 0. The van der Waals surface area contributed by atoms with E-state index in [1.54, 1.807) is 24.3 Å². The standard InChI is InChI=1S/C20H22N2O2/c1-4-20(2,3)16-9-11-17(12-10-16)24-14-19(23)22-18-8-6-5-7-15(18)13-21/h5-12H,4,14H2,1-3H3,(H,22,23). The summed E-state index contributed by atoms with van der Waals surface area (Å²) in [6, 6.07) is 16.7. The van der Waals surface area contributed by atoms with E-state index in [0.717, 1.165) is 6.42 Å². The van der Waals surface area contributed by atoms with Crippen molar-refractivity contribution in [3.63, 3.8) is 0 Å². The Labute approximate surface area is 143 Å². The first-order chi connectivity index (χ1) is 11.5. The highest BCUT2D eigenvalue weighted by Crippen LogP contribution is 2.28. The molecule has 4 nitrogen and oxygen atoms in total. The Morgan fingerprint density at radius 1 is 1.17 bits per heavy atom. The van der Waals surface area contributed by atoms with Gasteiger partial charge in [-0.1, -0.05) is 45.0 Å². The average molecular weight is 322 g/mol. The van der Waals surface area contributed by atoms with Crippen LogP contribution in [0.2, 0.25) is 0 Å². The number of nitrogens with zero attached hydrogens (tertiary/aromatic N) is 1. The molecule has 0 heterocycles.